The highest BCUT2D eigenvalue weighted by molar-refractivity contribution is 5.95. The summed E-state index contributed by atoms with van der Waals surface area (Å²) in [5.41, 5.74) is 0.474. The van der Waals surface area contributed by atoms with Crippen LogP contribution in [-0.2, 0) is 4.74 Å². The number of nitrogens with zero attached hydrogens (tertiary/aromatic N) is 2. The Labute approximate surface area is 173 Å². The van der Waals surface area contributed by atoms with Crippen LogP contribution in [0.25, 0.3) is 0 Å². The van der Waals surface area contributed by atoms with Gasteiger partial charge in [0.15, 0.2) is 11.5 Å². The van der Waals surface area contributed by atoms with Crippen molar-refractivity contribution >= 4 is 5.91 Å². The first-order valence-electron chi connectivity index (χ1n) is 11.3. The average molecular weight is 401 g/mol. The van der Waals surface area contributed by atoms with Crippen LogP contribution in [0.15, 0.2) is 18.2 Å². The number of fused-ring (bicyclic) bond motifs is 1. The Balaban J connectivity index is 1.36. The molecular formula is C23H32N2O4. The first kappa shape index (κ1) is 19.2. The molecule has 1 amide bonds. The molecule has 0 aromatic heterocycles. The van der Waals surface area contributed by atoms with E-state index in [0.717, 1.165) is 18.6 Å². The Bertz CT molecular complexity index is 744. The summed E-state index contributed by atoms with van der Waals surface area (Å²) in [6.07, 6.45) is 8.13. The van der Waals surface area contributed by atoms with Crippen molar-refractivity contribution in [3.05, 3.63) is 23.8 Å². The molecule has 1 aromatic carbocycles. The predicted molar refractivity (Wildman–Crippen MR) is 110 cm³/mol. The molecule has 158 valence electrons. The third kappa shape index (κ3) is 3.73. The van der Waals surface area contributed by atoms with Crippen molar-refractivity contribution < 1.29 is 19.0 Å². The van der Waals surface area contributed by atoms with Gasteiger partial charge in [0.2, 0.25) is 0 Å². The lowest BCUT2D eigenvalue weighted by molar-refractivity contribution is -0.156. The zero-order chi connectivity index (χ0) is 19.7. The number of carbonyl (C=O) groups is 1. The first-order chi connectivity index (χ1) is 14.3. The number of likely N-dealkylation sites (tertiary alicyclic amines) is 1. The molecule has 0 unspecified atom stereocenters. The van der Waals surface area contributed by atoms with Crippen molar-refractivity contribution in [2.24, 2.45) is 0 Å². The molecule has 0 N–H and O–H groups in total. The van der Waals surface area contributed by atoms with Crippen LogP contribution in [0.1, 0.15) is 55.3 Å². The van der Waals surface area contributed by atoms with Gasteiger partial charge in [-0.05, 0) is 57.0 Å². The maximum absolute atomic E-state index is 13.4. The molecule has 1 aromatic rings. The third-order valence-electron chi connectivity index (χ3n) is 7.01. The second kappa shape index (κ2) is 8.15. The molecule has 0 radical (unpaired) electrons. The SMILES string of the molecule is O=C(c1ccc2c(c1)OCCCO2)N1CCO[C@@]2(CCCC[C@H]2N2CCCC2)C1. The Morgan fingerprint density at radius 1 is 0.931 bits per heavy atom. The summed E-state index contributed by atoms with van der Waals surface area (Å²) < 4.78 is 18.0. The molecule has 1 saturated carbocycles. The van der Waals surface area contributed by atoms with Gasteiger partial charge in [-0.2, -0.15) is 0 Å². The minimum Gasteiger partial charge on any atom is -0.490 e. The minimum atomic E-state index is -0.207. The van der Waals surface area contributed by atoms with Gasteiger partial charge < -0.3 is 19.1 Å². The highest BCUT2D eigenvalue weighted by Crippen LogP contribution is 2.39. The molecule has 5 rings (SSSR count). The van der Waals surface area contributed by atoms with E-state index in [2.05, 4.69) is 4.90 Å². The summed E-state index contributed by atoms with van der Waals surface area (Å²) in [7, 11) is 0. The van der Waals surface area contributed by atoms with E-state index in [-0.39, 0.29) is 11.5 Å². The van der Waals surface area contributed by atoms with Crippen molar-refractivity contribution in [3.8, 4) is 11.5 Å². The van der Waals surface area contributed by atoms with Crippen LogP contribution in [0.3, 0.4) is 0 Å². The van der Waals surface area contributed by atoms with Crippen LogP contribution < -0.4 is 9.47 Å². The molecule has 1 aliphatic carbocycles. The fourth-order valence-electron chi connectivity index (χ4n) is 5.57. The molecule has 3 heterocycles. The molecule has 29 heavy (non-hydrogen) atoms. The molecule has 1 spiro atoms. The van der Waals surface area contributed by atoms with E-state index >= 15 is 0 Å². The first-order valence-corrected chi connectivity index (χ1v) is 11.3. The largest absolute Gasteiger partial charge is 0.490 e. The van der Waals surface area contributed by atoms with Crippen molar-refractivity contribution in [1.82, 2.24) is 9.80 Å². The second-order valence-corrected chi connectivity index (χ2v) is 8.86. The van der Waals surface area contributed by atoms with Gasteiger partial charge in [0.25, 0.3) is 5.91 Å². The van der Waals surface area contributed by atoms with Crippen LogP contribution in [0.5, 0.6) is 11.5 Å². The van der Waals surface area contributed by atoms with Gasteiger partial charge in [-0.25, -0.2) is 0 Å². The van der Waals surface area contributed by atoms with Gasteiger partial charge in [0, 0.05) is 24.6 Å². The lowest BCUT2D eigenvalue weighted by Crippen LogP contribution is -2.64. The molecular weight excluding hydrogens is 368 g/mol. The minimum absolute atomic E-state index is 0.0778. The summed E-state index contributed by atoms with van der Waals surface area (Å²) in [6, 6.07) is 6.04. The van der Waals surface area contributed by atoms with Crippen molar-refractivity contribution in [2.45, 2.75) is 56.6 Å². The Hall–Kier alpha value is -1.79. The number of ether oxygens (including phenoxy) is 3. The lowest BCUT2D eigenvalue weighted by Gasteiger charge is -2.52. The molecule has 6 heteroatoms. The smallest absolute Gasteiger partial charge is 0.254 e. The third-order valence-corrected chi connectivity index (χ3v) is 7.01. The normalized spacial score (nSPS) is 30.3. The topological polar surface area (TPSA) is 51.2 Å². The average Bonchev–Trinajstić information content (AvgIpc) is 3.18. The van der Waals surface area contributed by atoms with E-state index in [0.29, 0.717) is 50.3 Å². The highest BCUT2D eigenvalue weighted by atomic mass is 16.5. The van der Waals surface area contributed by atoms with E-state index in [4.69, 9.17) is 14.2 Å². The zero-order valence-electron chi connectivity index (χ0n) is 17.2. The maximum Gasteiger partial charge on any atom is 0.254 e. The van der Waals surface area contributed by atoms with E-state index in [1.165, 1.54) is 45.2 Å². The monoisotopic (exact) mass is 400 g/mol. The lowest BCUT2D eigenvalue weighted by atomic mass is 9.78. The number of benzene rings is 1. The highest BCUT2D eigenvalue weighted by Gasteiger charge is 2.48. The molecule has 4 aliphatic rings. The fraction of sp³-hybridized carbons (Fsp3) is 0.696. The number of carbonyl (C=O) groups excluding carboxylic acids is 1. The van der Waals surface area contributed by atoms with Crippen LogP contribution in [0, 0.1) is 0 Å². The molecule has 2 saturated heterocycles. The molecule has 0 bridgehead atoms. The van der Waals surface area contributed by atoms with E-state index in [1.54, 1.807) is 0 Å². The summed E-state index contributed by atoms with van der Waals surface area (Å²) in [6.45, 7) is 5.61. The van der Waals surface area contributed by atoms with Crippen molar-refractivity contribution in [1.29, 1.82) is 0 Å². The van der Waals surface area contributed by atoms with Crippen molar-refractivity contribution in [2.75, 3.05) is 46.0 Å². The number of hydrogen-bond acceptors (Lipinski definition) is 5. The number of morpholine rings is 1. The molecule has 3 fully saturated rings. The summed E-state index contributed by atoms with van der Waals surface area (Å²) in [5.74, 6) is 1.50. The zero-order valence-corrected chi connectivity index (χ0v) is 17.2. The standard InChI is InChI=1S/C23H32N2O4/c26-22(18-7-8-19-20(16-18)28-14-5-13-27-19)25-12-15-29-23(17-25)9-2-1-6-21(23)24-10-3-4-11-24/h7-8,16,21H,1-6,9-15,17H2/t21-,23+/m1/s1. The molecule has 3 aliphatic heterocycles. The quantitative estimate of drug-likeness (QED) is 0.764. The summed E-state index contributed by atoms with van der Waals surface area (Å²) in [5, 5.41) is 0. The molecule has 6 nitrogen and oxygen atoms in total. The number of hydrogen-bond donors (Lipinski definition) is 0. The van der Waals surface area contributed by atoms with E-state index in [9.17, 15) is 4.79 Å². The Morgan fingerprint density at radius 2 is 1.76 bits per heavy atom. The van der Waals surface area contributed by atoms with Gasteiger partial charge in [-0.15, -0.1) is 0 Å². The van der Waals surface area contributed by atoms with Gasteiger partial charge in [0.1, 0.15) is 5.60 Å². The van der Waals surface area contributed by atoms with Crippen LogP contribution in [0.4, 0.5) is 0 Å². The van der Waals surface area contributed by atoms with Gasteiger partial charge in [0.05, 0.1) is 26.4 Å². The second-order valence-electron chi connectivity index (χ2n) is 8.86. The van der Waals surface area contributed by atoms with Crippen molar-refractivity contribution in [3.63, 3.8) is 0 Å². The molecule has 2 atom stereocenters. The summed E-state index contributed by atoms with van der Waals surface area (Å²) in [4.78, 5) is 18.0. The van der Waals surface area contributed by atoms with Crippen LogP contribution in [0.2, 0.25) is 0 Å². The number of amides is 1. The van der Waals surface area contributed by atoms with Gasteiger partial charge >= 0.3 is 0 Å². The Morgan fingerprint density at radius 3 is 2.62 bits per heavy atom. The van der Waals surface area contributed by atoms with Gasteiger partial charge in [-0.1, -0.05) is 12.8 Å². The van der Waals surface area contributed by atoms with Crippen LogP contribution in [-0.4, -0.2) is 73.3 Å². The fourth-order valence-corrected chi connectivity index (χ4v) is 5.57. The van der Waals surface area contributed by atoms with E-state index < -0.39 is 0 Å². The predicted octanol–water partition coefficient (Wildman–Crippen LogP) is 3.10. The maximum atomic E-state index is 13.4. The summed E-state index contributed by atoms with van der Waals surface area (Å²) >= 11 is 0. The van der Waals surface area contributed by atoms with E-state index in [1.807, 2.05) is 23.1 Å². The number of rotatable bonds is 2. The van der Waals surface area contributed by atoms with Crippen LogP contribution >= 0.6 is 0 Å². The van der Waals surface area contributed by atoms with Gasteiger partial charge in [-0.3, -0.25) is 9.69 Å². The Kier molecular flexibility index (Phi) is 5.39.